The average molecular weight is 243 g/mol. The Labute approximate surface area is 103 Å². The summed E-state index contributed by atoms with van der Waals surface area (Å²) in [6.45, 7) is 0.929. The minimum atomic E-state index is -0.405. The summed E-state index contributed by atoms with van der Waals surface area (Å²) in [5, 5.41) is 0. The molecule has 0 aliphatic carbocycles. The van der Waals surface area contributed by atoms with Gasteiger partial charge in [0, 0.05) is 23.9 Å². The zero-order valence-electron chi connectivity index (χ0n) is 9.51. The molecule has 3 rings (SSSR count). The summed E-state index contributed by atoms with van der Waals surface area (Å²) < 4.78 is 13.1. The Morgan fingerprint density at radius 3 is 3.00 bits per heavy atom. The van der Waals surface area contributed by atoms with Gasteiger partial charge < -0.3 is 4.90 Å². The molecule has 1 aromatic carbocycles. The van der Waals surface area contributed by atoms with Gasteiger partial charge in [-0.2, -0.15) is 0 Å². The van der Waals surface area contributed by atoms with Crippen molar-refractivity contribution in [1.82, 2.24) is 14.9 Å². The lowest BCUT2D eigenvalue weighted by Gasteiger charge is -2.14. The summed E-state index contributed by atoms with van der Waals surface area (Å²) in [5.41, 5.74) is 2.16. The van der Waals surface area contributed by atoms with E-state index < -0.39 is 5.82 Å². The van der Waals surface area contributed by atoms with Crippen LogP contribution in [0.4, 0.5) is 4.39 Å². The predicted molar refractivity (Wildman–Crippen MR) is 62.0 cm³/mol. The van der Waals surface area contributed by atoms with Crippen LogP contribution >= 0.6 is 0 Å². The highest BCUT2D eigenvalue weighted by molar-refractivity contribution is 5.94. The first kappa shape index (κ1) is 10.8. The second-order valence-electron chi connectivity index (χ2n) is 4.17. The lowest BCUT2D eigenvalue weighted by atomic mass is 10.2. The van der Waals surface area contributed by atoms with E-state index in [4.69, 9.17) is 0 Å². The number of carbonyl (C=O) groups is 1. The zero-order valence-corrected chi connectivity index (χ0v) is 9.51. The molecule has 1 aromatic heterocycles. The molecule has 0 fully saturated rings. The molecule has 2 aromatic rings. The summed E-state index contributed by atoms with van der Waals surface area (Å²) in [5.74, 6) is -0.593. The molecule has 18 heavy (non-hydrogen) atoms. The smallest absolute Gasteiger partial charge is 0.254 e. The number of nitrogens with zero attached hydrogens (tertiary/aromatic N) is 3. The normalized spacial score (nSPS) is 13.5. The zero-order chi connectivity index (χ0) is 12.5. The molecule has 1 aliphatic rings. The predicted octanol–water partition coefficient (Wildman–Crippen LogP) is 1.77. The van der Waals surface area contributed by atoms with E-state index in [1.165, 1.54) is 24.5 Å². The molecule has 1 amide bonds. The molecule has 0 saturated carbocycles. The SMILES string of the molecule is O=C(c1cccc(F)c1)N1Cc2cncnc2C1. The van der Waals surface area contributed by atoms with Crippen LogP contribution in [0, 0.1) is 5.82 Å². The maximum atomic E-state index is 13.1. The number of carbonyl (C=O) groups excluding carboxylic acids is 1. The van der Waals surface area contributed by atoms with Gasteiger partial charge in [0.2, 0.25) is 0 Å². The Morgan fingerprint density at radius 1 is 1.33 bits per heavy atom. The number of hydrogen-bond donors (Lipinski definition) is 0. The van der Waals surface area contributed by atoms with Crippen LogP contribution in [0.15, 0.2) is 36.8 Å². The quantitative estimate of drug-likeness (QED) is 0.766. The number of fused-ring (bicyclic) bond motifs is 1. The molecule has 0 radical (unpaired) electrons. The van der Waals surface area contributed by atoms with Crippen LogP contribution in [0.5, 0.6) is 0 Å². The lowest BCUT2D eigenvalue weighted by molar-refractivity contribution is 0.0750. The number of amides is 1. The van der Waals surface area contributed by atoms with Gasteiger partial charge in [0.25, 0.3) is 5.91 Å². The van der Waals surface area contributed by atoms with Crippen LogP contribution in [0.3, 0.4) is 0 Å². The third-order valence-corrected chi connectivity index (χ3v) is 2.94. The van der Waals surface area contributed by atoms with Gasteiger partial charge >= 0.3 is 0 Å². The molecule has 0 atom stereocenters. The van der Waals surface area contributed by atoms with Crippen molar-refractivity contribution in [2.75, 3.05) is 0 Å². The van der Waals surface area contributed by atoms with Gasteiger partial charge in [-0.3, -0.25) is 4.79 Å². The Hall–Kier alpha value is -2.30. The van der Waals surface area contributed by atoms with Crippen molar-refractivity contribution in [3.8, 4) is 0 Å². The Balaban J connectivity index is 1.84. The Morgan fingerprint density at radius 2 is 2.22 bits per heavy atom. The second-order valence-corrected chi connectivity index (χ2v) is 4.17. The fourth-order valence-corrected chi connectivity index (χ4v) is 2.05. The molecule has 2 heterocycles. The minimum absolute atomic E-state index is 0.187. The Bertz CT molecular complexity index is 590. The minimum Gasteiger partial charge on any atom is -0.328 e. The van der Waals surface area contributed by atoms with E-state index in [9.17, 15) is 9.18 Å². The van der Waals surface area contributed by atoms with Crippen molar-refractivity contribution in [3.05, 3.63) is 59.4 Å². The topological polar surface area (TPSA) is 46.1 Å². The maximum absolute atomic E-state index is 13.1. The van der Waals surface area contributed by atoms with Crippen molar-refractivity contribution in [3.63, 3.8) is 0 Å². The fraction of sp³-hybridized carbons (Fsp3) is 0.154. The highest BCUT2D eigenvalue weighted by Crippen LogP contribution is 2.21. The van der Waals surface area contributed by atoms with Gasteiger partial charge in [-0.25, -0.2) is 14.4 Å². The molecule has 0 bridgehead atoms. The van der Waals surface area contributed by atoms with Gasteiger partial charge in [-0.15, -0.1) is 0 Å². The fourth-order valence-electron chi connectivity index (χ4n) is 2.05. The number of halogens is 1. The molecule has 0 N–H and O–H groups in total. The van der Waals surface area contributed by atoms with Crippen LogP contribution in [0.25, 0.3) is 0 Å². The van der Waals surface area contributed by atoms with Crippen molar-refractivity contribution < 1.29 is 9.18 Å². The molecule has 90 valence electrons. The highest BCUT2D eigenvalue weighted by atomic mass is 19.1. The molecular weight excluding hydrogens is 233 g/mol. The molecule has 0 saturated heterocycles. The van der Waals surface area contributed by atoms with Crippen LogP contribution in [0.2, 0.25) is 0 Å². The van der Waals surface area contributed by atoms with Crippen molar-refractivity contribution in [2.24, 2.45) is 0 Å². The van der Waals surface area contributed by atoms with E-state index in [-0.39, 0.29) is 5.91 Å². The monoisotopic (exact) mass is 243 g/mol. The van der Waals surface area contributed by atoms with Crippen LogP contribution < -0.4 is 0 Å². The van der Waals surface area contributed by atoms with E-state index in [2.05, 4.69) is 9.97 Å². The van der Waals surface area contributed by atoms with Gasteiger partial charge in [0.1, 0.15) is 12.1 Å². The third kappa shape index (κ3) is 1.84. The van der Waals surface area contributed by atoms with E-state index in [1.807, 2.05) is 0 Å². The van der Waals surface area contributed by atoms with Crippen molar-refractivity contribution in [2.45, 2.75) is 13.1 Å². The summed E-state index contributed by atoms with van der Waals surface area (Å²) in [6, 6.07) is 5.71. The summed E-state index contributed by atoms with van der Waals surface area (Å²) >= 11 is 0. The summed E-state index contributed by atoms with van der Waals surface area (Å²) in [6.07, 6.45) is 3.18. The molecule has 4 nitrogen and oxygen atoms in total. The second kappa shape index (κ2) is 4.18. The van der Waals surface area contributed by atoms with Gasteiger partial charge in [-0.05, 0) is 18.2 Å². The average Bonchev–Trinajstić information content (AvgIpc) is 2.81. The summed E-state index contributed by atoms with van der Waals surface area (Å²) in [4.78, 5) is 21.9. The van der Waals surface area contributed by atoms with Crippen molar-refractivity contribution in [1.29, 1.82) is 0 Å². The standard InChI is InChI=1S/C13H10FN3O/c14-11-3-1-2-9(4-11)13(18)17-6-10-5-15-8-16-12(10)7-17/h1-5,8H,6-7H2. The molecular formula is C13H10FN3O. The highest BCUT2D eigenvalue weighted by Gasteiger charge is 2.25. The van der Waals surface area contributed by atoms with Crippen LogP contribution in [-0.2, 0) is 13.1 Å². The first-order valence-corrected chi connectivity index (χ1v) is 5.56. The van der Waals surface area contributed by atoms with E-state index in [0.29, 0.717) is 18.7 Å². The maximum Gasteiger partial charge on any atom is 0.254 e. The van der Waals surface area contributed by atoms with Gasteiger partial charge in [0.15, 0.2) is 0 Å². The first-order chi connectivity index (χ1) is 8.74. The van der Waals surface area contributed by atoms with E-state index in [1.54, 1.807) is 17.2 Å². The van der Waals surface area contributed by atoms with Gasteiger partial charge in [-0.1, -0.05) is 6.07 Å². The van der Waals surface area contributed by atoms with Crippen LogP contribution in [0.1, 0.15) is 21.6 Å². The van der Waals surface area contributed by atoms with Crippen LogP contribution in [-0.4, -0.2) is 20.8 Å². The van der Waals surface area contributed by atoms with E-state index >= 15 is 0 Å². The number of hydrogen-bond acceptors (Lipinski definition) is 3. The number of aromatic nitrogens is 2. The molecule has 1 aliphatic heterocycles. The summed E-state index contributed by atoms with van der Waals surface area (Å²) in [7, 11) is 0. The van der Waals surface area contributed by atoms with E-state index in [0.717, 1.165) is 11.3 Å². The Kier molecular flexibility index (Phi) is 2.51. The molecule has 0 spiro atoms. The van der Waals surface area contributed by atoms with Crippen molar-refractivity contribution >= 4 is 5.91 Å². The lowest BCUT2D eigenvalue weighted by Crippen LogP contribution is -2.25. The third-order valence-electron chi connectivity index (χ3n) is 2.94. The first-order valence-electron chi connectivity index (χ1n) is 5.56. The number of rotatable bonds is 1. The van der Waals surface area contributed by atoms with Gasteiger partial charge in [0.05, 0.1) is 12.2 Å². The number of benzene rings is 1. The molecule has 5 heteroatoms. The molecule has 0 unspecified atom stereocenters. The largest absolute Gasteiger partial charge is 0.328 e.